The summed E-state index contributed by atoms with van der Waals surface area (Å²) < 4.78 is 6.37. The predicted octanol–water partition coefficient (Wildman–Crippen LogP) is 5.44. The summed E-state index contributed by atoms with van der Waals surface area (Å²) in [5.74, 6) is 0. The predicted molar refractivity (Wildman–Crippen MR) is 91.0 cm³/mol. The minimum Gasteiger partial charge on any atom is -0.422 e. The minimum atomic E-state index is -0.304. The maximum atomic E-state index is 12.2. The van der Waals surface area contributed by atoms with Crippen molar-refractivity contribution in [2.75, 3.05) is 0 Å². The molecular formula is C17H9BrO2S. The van der Waals surface area contributed by atoms with Gasteiger partial charge in [0.25, 0.3) is 0 Å². The van der Waals surface area contributed by atoms with Crippen LogP contribution in [0.1, 0.15) is 0 Å². The van der Waals surface area contributed by atoms with E-state index in [0.717, 1.165) is 25.7 Å². The van der Waals surface area contributed by atoms with Gasteiger partial charge in [0, 0.05) is 14.7 Å². The Kier molecular flexibility index (Phi) is 2.94. The van der Waals surface area contributed by atoms with Gasteiger partial charge in [-0.2, -0.15) is 0 Å². The summed E-state index contributed by atoms with van der Waals surface area (Å²) in [5, 5.41) is 4.51. The molecule has 0 fully saturated rings. The molecule has 2 aromatic heterocycles. The van der Waals surface area contributed by atoms with Crippen molar-refractivity contribution in [2.24, 2.45) is 0 Å². The van der Waals surface area contributed by atoms with Crippen LogP contribution in [0.15, 0.2) is 67.6 Å². The molecule has 0 aliphatic rings. The fourth-order valence-electron chi connectivity index (χ4n) is 2.50. The third-order valence-corrected chi connectivity index (χ3v) is 4.89. The standard InChI is InChI=1S/C17H9BrO2S/c18-11-4-6-12-13-5-3-10(16-2-1-7-21-16)8-15(13)20-17(19)14(12)9-11/h1-9H. The van der Waals surface area contributed by atoms with Crippen molar-refractivity contribution >= 4 is 49.0 Å². The lowest BCUT2D eigenvalue weighted by molar-refractivity contribution is 0.570. The second kappa shape index (κ2) is 4.83. The first-order valence-corrected chi connectivity index (χ1v) is 8.10. The fourth-order valence-corrected chi connectivity index (χ4v) is 3.59. The van der Waals surface area contributed by atoms with E-state index in [2.05, 4.69) is 28.1 Å². The molecule has 21 heavy (non-hydrogen) atoms. The monoisotopic (exact) mass is 356 g/mol. The van der Waals surface area contributed by atoms with Crippen molar-refractivity contribution in [1.29, 1.82) is 0 Å². The molecule has 0 saturated heterocycles. The van der Waals surface area contributed by atoms with E-state index < -0.39 is 0 Å². The molecule has 0 N–H and O–H groups in total. The second-order valence-electron chi connectivity index (χ2n) is 4.77. The molecule has 0 bridgehead atoms. The Morgan fingerprint density at radius 1 is 0.952 bits per heavy atom. The van der Waals surface area contributed by atoms with Gasteiger partial charge in [0.15, 0.2) is 0 Å². The average Bonchev–Trinajstić information content (AvgIpc) is 3.01. The molecule has 0 aliphatic carbocycles. The van der Waals surface area contributed by atoms with Gasteiger partial charge in [0.2, 0.25) is 0 Å². The van der Waals surface area contributed by atoms with Crippen LogP contribution in [0.25, 0.3) is 32.2 Å². The zero-order valence-corrected chi connectivity index (χ0v) is 13.2. The van der Waals surface area contributed by atoms with Gasteiger partial charge in [0.05, 0.1) is 5.39 Å². The first-order valence-electron chi connectivity index (χ1n) is 6.42. The Morgan fingerprint density at radius 3 is 2.62 bits per heavy atom. The maximum absolute atomic E-state index is 12.2. The number of hydrogen-bond donors (Lipinski definition) is 0. The molecule has 102 valence electrons. The second-order valence-corrected chi connectivity index (χ2v) is 6.63. The lowest BCUT2D eigenvalue weighted by atomic mass is 10.1. The highest BCUT2D eigenvalue weighted by Crippen LogP contribution is 2.31. The van der Waals surface area contributed by atoms with E-state index >= 15 is 0 Å². The number of fused-ring (bicyclic) bond motifs is 3. The Balaban J connectivity index is 2.08. The largest absolute Gasteiger partial charge is 0.422 e. The highest BCUT2D eigenvalue weighted by atomic mass is 79.9. The van der Waals surface area contributed by atoms with Gasteiger partial charge in [0.1, 0.15) is 5.58 Å². The summed E-state index contributed by atoms with van der Waals surface area (Å²) in [6.45, 7) is 0. The Morgan fingerprint density at radius 2 is 1.81 bits per heavy atom. The van der Waals surface area contributed by atoms with Gasteiger partial charge in [-0.3, -0.25) is 0 Å². The molecular weight excluding hydrogens is 348 g/mol. The van der Waals surface area contributed by atoms with Crippen LogP contribution in [0, 0.1) is 0 Å². The van der Waals surface area contributed by atoms with Crippen molar-refractivity contribution in [3.05, 3.63) is 68.8 Å². The fraction of sp³-hybridized carbons (Fsp3) is 0. The SMILES string of the molecule is O=c1oc2cc(-c3cccs3)ccc2c2ccc(Br)cc12. The highest BCUT2D eigenvalue weighted by molar-refractivity contribution is 9.10. The van der Waals surface area contributed by atoms with Gasteiger partial charge < -0.3 is 4.42 Å². The van der Waals surface area contributed by atoms with Gasteiger partial charge in [-0.05, 0) is 46.7 Å². The molecule has 0 spiro atoms. The summed E-state index contributed by atoms with van der Waals surface area (Å²) >= 11 is 5.06. The number of hydrogen-bond acceptors (Lipinski definition) is 3. The van der Waals surface area contributed by atoms with Crippen LogP contribution in [-0.2, 0) is 0 Å². The van der Waals surface area contributed by atoms with Gasteiger partial charge in [-0.25, -0.2) is 4.79 Å². The highest BCUT2D eigenvalue weighted by Gasteiger charge is 2.09. The Hall–Kier alpha value is -1.91. The van der Waals surface area contributed by atoms with Crippen molar-refractivity contribution in [1.82, 2.24) is 0 Å². The molecule has 2 aromatic carbocycles. The van der Waals surface area contributed by atoms with Crippen molar-refractivity contribution < 1.29 is 4.42 Å². The molecule has 0 unspecified atom stereocenters. The quantitative estimate of drug-likeness (QED) is 0.336. The summed E-state index contributed by atoms with van der Waals surface area (Å²) in [6, 6.07) is 15.8. The minimum absolute atomic E-state index is 0.304. The van der Waals surface area contributed by atoms with E-state index in [1.54, 1.807) is 17.4 Å². The van der Waals surface area contributed by atoms with Crippen molar-refractivity contribution in [3.8, 4) is 10.4 Å². The van der Waals surface area contributed by atoms with E-state index in [1.807, 2.05) is 35.7 Å². The van der Waals surface area contributed by atoms with Crippen LogP contribution >= 0.6 is 27.3 Å². The molecule has 0 saturated carbocycles. The third kappa shape index (κ3) is 2.11. The van der Waals surface area contributed by atoms with E-state index in [-0.39, 0.29) is 5.63 Å². The van der Waals surface area contributed by atoms with E-state index in [0.29, 0.717) is 11.0 Å². The first kappa shape index (κ1) is 12.8. The Bertz CT molecular complexity index is 1020. The van der Waals surface area contributed by atoms with Crippen LogP contribution in [-0.4, -0.2) is 0 Å². The van der Waals surface area contributed by atoms with Crippen molar-refractivity contribution in [3.63, 3.8) is 0 Å². The normalized spacial score (nSPS) is 11.3. The van der Waals surface area contributed by atoms with Gasteiger partial charge >= 0.3 is 5.63 Å². The average molecular weight is 357 g/mol. The van der Waals surface area contributed by atoms with Gasteiger partial charge in [-0.15, -0.1) is 11.3 Å². The molecule has 0 amide bonds. The molecule has 4 rings (SSSR count). The van der Waals surface area contributed by atoms with Gasteiger partial charge in [-0.1, -0.05) is 34.1 Å². The third-order valence-electron chi connectivity index (χ3n) is 3.48. The molecule has 2 heterocycles. The topological polar surface area (TPSA) is 30.2 Å². The summed E-state index contributed by atoms with van der Waals surface area (Å²) in [5.41, 5.74) is 1.39. The summed E-state index contributed by atoms with van der Waals surface area (Å²) in [6.07, 6.45) is 0. The smallest absolute Gasteiger partial charge is 0.344 e. The lowest BCUT2D eigenvalue weighted by Crippen LogP contribution is -1.99. The van der Waals surface area contributed by atoms with E-state index in [1.165, 1.54) is 0 Å². The van der Waals surface area contributed by atoms with Crippen LogP contribution in [0.2, 0.25) is 0 Å². The van der Waals surface area contributed by atoms with E-state index in [9.17, 15) is 4.79 Å². The maximum Gasteiger partial charge on any atom is 0.344 e. The zero-order valence-electron chi connectivity index (χ0n) is 10.8. The molecule has 4 aromatic rings. The summed E-state index contributed by atoms with van der Waals surface area (Å²) in [4.78, 5) is 13.3. The van der Waals surface area contributed by atoms with Crippen LogP contribution in [0.5, 0.6) is 0 Å². The molecule has 0 aliphatic heterocycles. The number of rotatable bonds is 1. The van der Waals surface area contributed by atoms with Crippen LogP contribution in [0.4, 0.5) is 0 Å². The zero-order chi connectivity index (χ0) is 14.4. The van der Waals surface area contributed by atoms with Crippen LogP contribution in [0.3, 0.4) is 0 Å². The molecule has 2 nitrogen and oxygen atoms in total. The molecule has 0 atom stereocenters. The first-order chi connectivity index (χ1) is 10.2. The number of thiophene rings is 1. The van der Waals surface area contributed by atoms with E-state index in [4.69, 9.17) is 4.42 Å². The molecule has 4 heteroatoms. The Labute approximate surface area is 132 Å². The lowest BCUT2D eigenvalue weighted by Gasteiger charge is -2.05. The summed E-state index contributed by atoms with van der Waals surface area (Å²) in [7, 11) is 0. The number of benzene rings is 2. The number of halogens is 1. The molecule has 0 radical (unpaired) electrons. The van der Waals surface area contributed by atoms with Crippen molar-refractivity contribution in [2.45, 2.75) is 0 Å². The van der Waals surface area contributed by atoms with Crippen LogP contribution < -0.4 is 5.63 Å².